The standard InChI is InChI=1S/C19H20INO2/c1-11(2)15-9-13(10-16(12(3)4)18(15)22)21-19(23)14-7-5-6-8-17(14)20/h5-12H,1-4H3. The summed E-state index contributed by atoms with van der Waals surface area (Å²) in [6.45, 7) is 7.91. The highest BCUT2D eigenvalue weighted by atomic mass is 127. The molecule has 0 N–H and O–H groups in total. The van der Waals surface area contributed by atoms with Gasteiger partial charge in [-0.15, -0.1) is 0 Å². The first-order chi connectivity index (χ1) is 10.8. The number of benzene rings is 1. The lowest BCUT2D eigenvalue weighted by atomic mass is 9.84. The number of amides is 1. The molecule has 2 rings (SSSR count). The van der Waals surface area contributed by atoms with Crippen molar-refractivity contribution in [1.82, 2.24) is 0 Å². The lowest BCUT2D eigenvalue weighted by Gasteiger charge is -2.19. The van der Waals surface area contributed by atoms with Crippen LogP contribution in [0.15, 0.2) is 52.6 Å². The van der Waals surface area contributed by atoms with E-state index in [1.54, 1.807) is 18.2 Å². The van der Waals surface area contributed by atoms with E-state index in [2.05, 4.69) is 27.6 Å². The van der Waals surface area contributed by atoms with Crippen molar-refractivity contribution < 1.29 is 9.59 Å². The number of allylic oxidation sites excluding steroid dienone is 4. The van der Waals surface area contributed by atoms with Crippen LogP contribution in [0.1, 0.15) is 38.1 Å². The number of ketones is 1. The first-order valence-corrected chi connectivity index (χ1v) is 8.74. The predicted octanol–water partition coefficient (Wildman–Crippen LogP) is 4.62. The Balaban J connectivity index is 2.45. The largest absolute Gasteiger partial charge is 0.289 e. The summed E-state index contributed by atoms with van der Waals surface area (Å²) in [4.78, 5) is 29.2. The molecule has 1 aliphatic carbocycles. The molecule has 0 bridgehead atoms. The molecule has 1 aliphatic rings. The summed E-state index contributed by atoms with van der Waals surface area (Å²) >= 11 is 2.13. The highest BCUT2D eigenvalue weighted by Crippen LogP contribution is 2.25. The van der Waals surface area contributed by atoms with Gasteiger partial charge >= 0.3 is 0 Å². The van der Waals surface area contributed by atoms with Gasteiger partial charge in [0, 0.05) is 14.7 Å². The minimum atomic E-state index is -0.280. The Morgan fingerprint density at radius 2 is 1.52 bits per heavy atom. The normalized spacial score (nSPS) is 14.9. The van der Waals surface area contributed by atoms with Gasteiger partial charge in [0.1, 0.15) is 0 Å². The molecule has 0 spiro atoms. The lowest BCUT2D eigenvalue weighted by molar-refractivity contribution is -0.113. The Morgan fingerprint density at radius 3 is 2.00 bits per heavy atom. The molecule has 0 aliphatic heterocycles. The molecule has 0 atom stereocenters. The number of Topliss-reactive ketones (excluding diaryl/α,β-unsaturated/α-hetero) is 1. The van der Waals surface area contributed by atoms with Crippen molar-refractivity contribution in [3.63, 3.8) is 0 Å². The van der Waals surface area contributed by atoms with Crippen molar-refractivity contribution in [2.75, 3.05) is 0 Å². The summed E-state index contributed by atoms with van der Waals surface area (Å²) in [6.07, 6.45) is 3.49. The number of carbonyl (C=O) groups excluding carboxylic acids is 2. The fraction of sp³-hybridized carbons (Fsp3) is 0.316. The monoisotopic (exact) mass is 421 g/mol. The molecule has 23 heavy (non-hydrogen) atoms. The van der Waals surface area contributed by atoms with Gasteiger partial charge in [-0.05, 0) is 58.7 Å². The van der Waals surface area contributed by atoms with Crippen LogP contribution < -0.4 is 0 Å². The Labute approximate surface area is 150 Å². The van der Waals surface area contributed by atoms with Crippen molar-refractivity contribution in [2.24, 2.45) is 16.8 Å². The molecular formula is C19H20INO2. The molecular weight excluding hydrogens is 401 g/mol. The van der Waals surface area contributed by atoms with E-state index in [4.69, 9.17) is 0 Å². The zero-order valence-corrected chi connectivity index (χ0v) is 15.9. The highest BCUT2D eigenvalue weighted by molar-refractivity contribution is 14.1. The van der Waals surface area contributed by atoms with E-state index in [9.17, 15) is 9.59 Å². The maximum atomic E-state index is 12.5. The van der Waals surface area contributed by atoms with Crippen LogP contribution in [0.4, 0.5) is 0 Å². The van der Waals surface area contributed by atoms with Crippen molar-refractivity contribution in [3.8, 4) is 0 Å². The van der Waals surface area contributed by atoms with Crippen LogP contribution in [0.5, 0.6) is 0 Å². The van der Waals surface area contributed by atoms with Crippen LogP contribution >= 0.6 is 22.6 Å². The molecule has 0 fully saturated rings. The van der Waals surface area contributed by atoms with Gasteiger partial charge < -0.3 is 0 Å². The third kappa shape index (κ3) is 4.05. The van der Waals surface area contributed by atoms with Crippen LogP contribution in [0.25, 0.3) is 0 Å². The molecule has 4 heteroatoms. The SMILES string of the molecule is CC(C)C1=CC(=NC(=O)c2ccccc2I)C=C(C(C)C)C1=O. The average Bonchev–Trinajstić information content (AvgIpc) is 2.48. The summed E-state index contributed by atoms with van der Waals surface area (Å²) < 4.78 is 0.868. The number of hydrogen-bond acceptors (Lipinski definition) is 2. The van der Waals surface area contributed by atoms with Crippen molar-refractivity contribution in [3.05, 3.63) is 56.7 Å². The number of hydrogen-bond donors (Lipinski definition) is 0. The molecule has 0 unspecified atom stereocenters. The Bertz CT molecular complexity index is 709. The zero-order valence-electron chi connectivity index (χ0n) is 13.8. The summed E-state index contributed by atoms with van der Waals surface area (Å²) in [6, 6.07) is 7.36. The third-order valence-electron chi connectivity index (χ3n) is 3.71. The molecule has 1 amide bonds. The van der Waals surface area contributed by atoms with Crippen LogP contribution in [0.2, 0.25) is 0 Å². The van der Waals surface area contributed by atoms with E-state index in [0.29, 0.717) is 22.4 Å². The van der Waals surface area contributed by atoms with Gasteiger partial charge in [-0.25, -0.2) is 4.99 Å². The molecule has 0 radical (unpaired) electrons. The van der Waals surface area contributed by atoms with Gasteiger partial charge in [0.25, 0.3) is 5.91 Å². The first-order valence-electron chi connectivity index (χ1n) is 7.66. The smallest absolute Gasteiger partial charge is 0.278 e. The van der Waals surface area contributed by atoms with Gasteiger partial charge in [0.2, 0.25) is 0 Å². The van der Waals surface area contributed by atoms with Crippen LogP contribution in [-0.2, 0) is 4.79 Å². The van der Waals surface area contributed by atoms with Crippen molar-refractivity contribution >= 4 is 40.0 Å². The Hall–Kier alpha value is -1.56. The van der Waals surface area contributed by atoms with E-state index >= 15 is 0 Å². The summed E-state index contributed by atoms with van der Waals surface area (Å²) in [5.41, 5.74) is 2.56. The Morgan fingerprint density at radius 1 is 1.00 bits per heavy atom. The Kier molecular flexibility index (Phi) is 5.68. The van der Waals surface area contributed by atoms with Crippen molar-refractivity contribution in [1.29, 1.82) is 0 Å². The molecule has 120 valence electrons. The van der Waals surface area contributed by atoms with E-state index in [1.165, 1.54) is 0 Å². The van der Waals surface area contributed by atoms with E-state index in [1.807, 2.05) is 45.9 Å². The van der Waals surface area contributed by atoms with Gasteiger partial charge in [0.15, 0.2) is 5.78 Å². The highest BCUT2D eigenvalue weighted by Gasteiger charge is 2.25. The molecule has 0 saturated heterocycles. The van der Waals surface area contributed by atoms with Gasteiger partial charge in [-0.3, -0.25) is 9.59 Å². The van der Waals surface area contributed by atoms with Gasteiger partial charge in [-0.2, -0.15) is 0 Å². The van der Waals surface area contributed by atoms with Crippen LogP contribution in [-0.4, -0.2) is 17.4 Å². The fourth-order valence-electron chi connectivity index (χ4n) is 2.39. The number of nitrogens with zero attached hydrogens (tertiary/aromatic N) is 1. The van der Waals surface area contributed by atoms with Gasteiger partial charge in [0.05, 0.1) is 11.3 Å². The molecule has 0 heterocycles. The number of rotatable bonds is 3. The maximum absolute atomic E-state index is 12.5. The van der Waals surface area contributed by atoms with Gasteiger partial charge in [-0.1, -0.05) is 39.8 Å². The first kappa shape index (κ1) is 17.8. The lowest BCUT2D eigenvalue weighted by Crippen LogP contribution is -2.21. The number of halogens is 1. The van der Waals surface area contributed by atoms with E-state index < -0.39 is 0 Å². The zero-order chi connectivity index (χ0) is 17.1. The van der Waals surface area contributed by atoms with Crippen molar-refractivity contribution in [2.45, 2.75) is 27.7 Å². The molecule has 0 aromatic heterocycles. The van der Waals surface area contributed by atoms with Crippen LogP contribution in [0, 0.1) is 15.4 Å². The fourth-order valence-corrected chi connectivity index (χ4v) is 3.01. The topological polar surface area (TPSA) is 46.5 Å². The quantitative estimate of drug-likeness (QED) is 0.528. The summed E-state index contributed by atoms with van der Waals surface area (Å²) in [7, 11) is 0. The second-order valence-corrected chi connectivity index (χ2v) is 7.32. The summed E-state index contributed by atoms with van der Waals surface area (Å²) in [5, 5.41) is 0. The predicted molar refractivity (Wildman–Crippen MR) is 102 cm³/mol. The van der Waals surface area contributed by atoms with E-state index in [-0.39, 0.29) is 23.5 Å². The second-order valence-electron chi connectivity index (χ2n) is 6.16. The van der Waals surface area contributed by atoms with E-state index in [0.717, 1.165) is 3.57 Å². The molecule has 1 aromatic rings. The maximum Gasteiger partial charge on any atom is 0.278 e. The number of carbonyl (C=O) groups is 2. The number of aliphatic imine (C=N–C) groups is 1. The van der Waals surface area contributed by atoms with Crippen LogP contribution in [0.3, 0.4) is 0 Å². The third-order valence-corrected chi connectivity index (χ3v) is 4.65. The second kappa shape index (κ2) is 7.34. The molecule has 3 nitrogen and oxygen atoms in total. The average molecular weight is 421 g/mol. The minimum absolute atomic E-state index is 0.0655. The molecule has 1 aromatic carbocycles. The summed E-state index contributed by atoms with van der Waals surface area (Å²) in [5.74, 6) is -0.0158. The minimum Gasteiger partial charge on any atom is -0.289 e. The molecule has 0 saturated carbocycles.